The van der Waals surface area contributed by atoms with E-state index in [4.69, 9.17) is 9.47 Å². The van der Waals surface area contributed by atoms with E-state index >= 15 is 0 Å². The van der Waals surface area contributed by atoms with Crippen LogP contribution in [0.15, 0.2) is 36.4 Å². The van der Waals surface area contributed by atoms with E-state index < -0.39 is 0 Å². The Morgan fingerprint density at radius 2 is 1.80 bits per heavy atom. The van der Waals surface area contributed by atoms with Gasteiger partial charge >= 0.3 is 0 Å². The number of methoxy groups -OCH3 is 2. The minimum absolute atomic E-state index is 0.245. The van der Waals surface area contributed by atoms with Crippen molar-refractivity contribution >= 4 is 5.69 Å². The average Bonchev–Trinajstić information content (AvgIpc) is 2.46. The predicted octanol–water partition coefficient (Wildman–Crippen LogP) is 3.76. The van der Waals surface area contributed by atoms with Crippen molar-refractivity contribution in [1.29, 1.82) is 0 Å². The van der Waals surface area contributed by atoms with Crippen LogP contribution in [-0.2, 0) is 6.54 Å². The van der Waals surface area contributed by atoms with Crippen LogP contribution < -0.4 is 14.8 Å². The fraction of sp³-hybridized carbons (Fsp3) is 0.250. The van der Waals surface area contributed by atoms with Gasteiger partial charge in [0.05, 0.1) is 19.9 Å². The zero-order chi connectivity index (χ0) is 14.5. The Hall–Kier alpha value is -2.23. The number of benzene rings is 2. The molecule has 0 aliphatic heterocycles. The summed E-state index contributed by atoms with van der Waals surface area (Å²) >= 11 is 0. The van der Waals surface area contributed by atoms with E-state index in [-0.39, 0.29) is 5.82 Å². The molecule has 0 saturated heterocycles. The molecule has 106 valence electrons. The number of nitrogens with one attached hydrogen (secondary N) is 1. The Balaban J connectivity index is 2.15. The second kappa shape index (κ2) is 6.28. The highest BCUT2D eigenvalue weighted by atomic mass is 19.1. The van der Waals surface area contributed by atoms with E-state index in [1.165, 1.54) is 6.07 Å². The van der Waals surface area contributed by atoms with Crippen LogP contribution in [0.25, 0.3) is 0 Å². The Morgan fingerprint density at radius 1 is 1.05 bits per heavy atom. The molecule has 0 amide bonds. The molecule has 0 fully saturated rings. The highest BCUT2D eigenvalue weighted by Crippen LogP contribution is 2.28. The SMILES string of the molecule is COc1ccc(CNc2c(C)cccc2F)cc1OC. The molecule has 0 atom stereocenters. The van der Waals surface area contributed by atoms with Crippen molar-refractivity contribution in [3.05, 3.63) is 53.3 Å². The first-order chi connectivity index (χ1) is 9.65. The monoisotopic (exact) mass is 275 g/mol. The predicted molar refractivity (Wildman–Crippen MR) is 78.0 cm³/mol. The summed E-state index contributed by atoms with van der Waals surface area (Å²) in [6, 6.07) is 10.7. The second-order valence-corrected chi connectivity index (χ2v) is 4.47. The van der Waals surface area contributed by atoms with Gasteiger partial charge in [0.2, 0.25) is 0 Å². The highest BCUT2D eigenvalue weighted by molar-refractivity contribution is 5.52. The third kappa shape index (κ3) is 3.02. The maximum absolute atomic E-state index is 13.7. The van der Waals surface area contributed by atoms with Crippen molar-refractivity contribution in [1.82, 2.24) is 0 Å². The van der Waals surface area contributed by atoms with Crippen LogP contribution in [0.5, 0.6) is 11.5 Å². The number of para-hydroxylation sites is 1. The van der Waals surface area contributed by atoms with Crippen LogP contribution >= 0.6 is 0 Å². The first-order valence-corrected chi connectivity index (χ1v) is 6.35. The number of hydrogen-bond acceptors (Lipinski definition) is 3. The number of hydrogen-bond donors (Lipinski definition) is 1. The standard InChI is InChI=1S/C16H18FNO2/c1-11-5-4-6-13(17)16(11)18-10-12-7-8-14(19-2)15(9-12)20-3/h4-9,18H,10H2,1-3H3. The molecular formula is C16H18FNO2. The molecule has 0 saturated carbocycles. The van der Waals surface area contributed by atoms with E-state index in [0.29, 0.717) is 23.7 Å². The third-order valence-electron chi connectivity index (χ3n) is 3.14. The maximum Gasteiger partial charge on any atom is 0.161 e. The van der Waals surface area contributed by atoms with Crippen LogP contribution in [0, 0.1) is 12.7 Å². The van der Waals surface area contributed by atoms with Gasteiger partial charge in [0, 0.05) is 6.54 Å². The summed E-state index contributed by atoms with van der Waals surface area (Å²) in [5.74, 6) is 1.10. The van der Waals surface area contributed by atoms with Gasteiger partial charge in [-0.1, -0.05) is 18.2 Å². The fourth-order valence-electron chi connectivity index (χ4n) is 2.04. The van der Waals surface area contributed by atoms with Gasteiger partial charge in [0.15, 0.2) is 11.5 Å². The van der Waals surface area contributed by atoms with Gasteiger partial charge in [0.1, 0.15) is 5.82 Å². The summed E-state index contributed by atoms with van der Waals surface area (Å²) in [5.41, 5.74) is 2.40. The Labute approximate surface area is 118 Å². The molecule has 0 aliphatic rings. The van der Waals surface area contributed by atoms with Gasteiger partial charge in [-0.05, 0) is 36.2 Å². The minimum Gasteiger partial charge on any atom is -0.493 e. The van der Waals surface area contributed by atoms with E-state index in [9.17, 15) is 4.39 Å². The van der Waals surface area contributed by atoms with Gasteiger partial charge < -0.3 is 14.8 Å². The zero-order valence-electron chi connectivity index (χ0n) is 11.9. The molecule has 0 heterocycles. The lowest BCUT2D eigenvalue weighted by atomic mass is 10.1. The van der Waals surface area contributed by atoms with E-state index in [0.717, 1.165) is 11.1 Å². The average molecular weight is 275 g/mol. The summed E-state index contributed by atoms with van der Waals surface area (Å²) in [6.07, 6.45) is 0. The smallest absolute Gasteiger partial charge is 0.161 e. The highest BCUT2D eigenvalue weighted by Gasteiger charge is 2.07. The van der Waals surface area contributed by atoms with Crippen molar-refractivity contribution < 1.29 is 13.9 Å². The van der Waals surface area contributed by atoms with E-state index in [2.05, 4.69) is 5.32 Å². The zero-order valence-corrected chi connectivity index (χ0v) is 11.9. The van der Waals surface area contributed by atoms with Crippen molar-refractivity contribution in [3.63, 3.8) is 0 Å². The summed E-state index contributed by atoms with van der Waals surface area (Å²) in [7, 11) is 3.19. The Kier molecular flexibility index (Phi) is 4.45. The fourth-order valence-corrected chi connectivity index (χ4v) is 2.04. The van der Waals surface area contributed by atoms with E-state index in [1.807, 2.05) is 31.2 Å². The van der Waals surface area contributed by atoms with Gasteiger partial charge in [-0.3, -0.25) is 0 Å². The Bertz CT molecular complexity index is 579. The van der Waals surface area contributed by atoms with Crippen LogP contribution in [0.4, 0.5) is 10.1 Å². The molecule has 0 aromatic heterocycles. The molecule has 4 heteroatoms. The third-order valence-corrected chi connectivity index (χ3v) is 3.14. The summed E-state index contributed by atoms with van der Waals surface area (Å²) < 4.78 is 24.1. The normalized spacial score (nSPS) is 10.2. The molecule has 0 bridgehead atoms. The Morgan fingerprint density at radius 3 is 2.45 bits per heavy atom. The van der Waals surface area contributed by atoms with Gasteiger partial charge in [-0.15, -0.1) is 0 Å². The molecule has 0 aliphatic carbocycles. The molecule has 20 heavy (non-hydrogen) atoms. The summed E-state index contributed by atoms with van der Waals surface area (Å²) in [4.78, 5) is 0. The van der Waals surface area contributed by atoms with Gasteiger partial charge in [-0.2, -0.15) is 0 Å². The molecule has 1 N–H and O–H groups in total. The molecule has 3 nitrogen and oxygen atoms in total. The first-order valence-electron chi connectivity index (χ1n) is 6.35. The number of halogens is 1. The minimum atomic E-state index is -0.245. The van der Waals surface area contributed by atoms with Crippen molar-refractivity contribution in [2.24, 2.45) is 0 Å². The van der Waals surface area contributed by atoms with Crippen LogP contribution in [0.3, 0.4) is 0 Å². The van der Waals surface area contributed by atoms with Crippen LogP contribution in [-0.4, -0.2) is 14.2 Å². The molecule has 2 rings (SSSR count). The van der Waals surface area contributed by atoms with Crippen molar-refractivity contribution in [3.8, 4) is 11.5 Å². The summed E-state index contributed by atoms with van der Waals surface area (Å²) in [6.45, 7) is 2.39. The number of anilines is 1. The number of ether oxygens (including phenoxy) is 2. The largest absolute Gasteiger partial charge is 0.493 e. The van der Waals surface area contributed by atoms with Gasteiger partial charge in [0.25, 0.3) is 0 Å². The second-order valence-electron chi connectivity index (χ2n) is 4.47. The van der Waals surface area contributed by atoms with Crippen molar-refractivity contribution in [2.45, 2.75) is 13.5 Å². The topological polar surface area (TPSA) is 30.5 Å². The van der Waals surface area contributed by atoms with E-state index in [1.54, 1.807) is 20.3 Å². The lowest BCUT2D eigenvalue weighted by Crippen LogP contribution is -2.03. The maximum atomic E-state index is 13.7. The van der Waals surface area contributed by atoms with Crippen LogP contribution in [0.1, 0.15) is 11.1 Å². The lowest BCUT2D eigenvalue weighted by Gasteiger charge is -2.12. The molecule has 2 aromatic carbocycles. The van der Waals surface area contributed by atoms with Crippen molar-refractivity contribution in [2.75, 3.05) is 19.5 Å². The molecule has 2 aromatic rings. The molecule has 0 radical (unpaired) electrons. The first kappa shape index (κ1) is 14.2. The van der Waals surface area contributed by atoms with Crippen LogP contribution in [0.2, 0.25) is 0 Å². The molecule has 0 spiro atoms. The number of rotatable bonds is 5. The lowest BCUT2D eigenvalue weighted by molar-refractivity contribution is 0.354. The van der Waals surface area contributed by atoms with Gasteiger partial charge in [-0.25, -0.2) is 4.39 Å². The molecule has 0 unspecified atom stereocenters. The molecular weight excluding hydrogens is 257 g/mol. The number of aryl methyl sites for hydroxylation is 1. The quantitative estimate of drug-likeness (QED) is 0.901. The summed E-state index contributed by atoms with van der Waals surface area (Å²) in [5, 5.41) is 3.11.